The minimum Gasteiger partial charge on any atom is -0.481 e. The molecule has 1 unspecified atom stereocenters. The fourth-order valence-corrected chi connectivity index (χ4v) is 4.29. The number of carboxylic acid groups (broad SMARTS) is 1. The number of carbonyl (C=O) groups excluding carboxylic acids is 1. The van der Waals surface area contributed by atoms with Gasteiger partial charge in [-0.05, 0) is 48.6 Å². The SMILES string of the molecule is CC(C)C[C@H](NC(c1ccccc1)C(F)(F)F)C(=O)NCCNc1ccc(N2CCOCC2)cc1.CCCC(=O)O. The van der Waals surface area contributed by atoms with E-state index in [1.165, 1.54) is 12.1 Å². The predicted molar refractivity (Wildman–Crippen MR) is 155 cm³/mol. The van der Waals surface area contributed by atoms with E-state index < -0.39 is 30.1 Å². The van der Waals surface area contributed by atoms with Crippen LogP contribution in [-0.2, 0) is 14.3 Å². The van der Waals surface area contributed by atoms with E-state index in [0.29, 0.717) is 25.9 Å². The maximum absolute atomic E-state index is 13.8. The van der Waals surface area contributed by atoms with E-state index >= 15 is 0 Å². The van der Waals surface area contributed by atoms with E-state index in [0.717, 1.165) is 44.1 Å². The molecule has 0 aromatic heterocycles. The maximum Gasteiger partial charge on any atom is 0.407 e. The molecular weight excluding hydrogens is 537 g/mol. The smallest absolute Gasteiger partial charge is 0.407 e. The lowest BCUT2D eigenvalue weighted by Crippen LogP contribution is -2.50. The molecule has 2 aromatic carbocycles. The Balaban J connectivity index is 0.000000883. The van der Waals surface area contributed by atoms with Gasteiger partial charge >= 0.3 is 12.1 Å². The molecule has 1 fully saturated rings. The zero-order valence-corrected chi connectivity index (χ0v) is 24.0. The van der Waals surface area contributed by atoms with E-state index in [4.69, 9.17) is 9.84 Å². The van der Waals surface area contributed by atoms with Gasteiger partial charge in [0, 0.05) is 44.0 Å². The zero-order valence-electron chi connectivity index (χ0n) is 24.0. The van der Waals surface area contributed by atoms with E-state index in [1.54, 1.807) is 18.2 Å². The van der Waals surface area contributed by atoms with Gasteiger partial charge in [0.15, 0.2) is 0 Å². The number of halogens is 3. The fraction of sp³-hybridized carbons (Fsp3) is 0.533. The van der Waals surface area contributed by atoms with Crippen molar-refractivity contribution in [2.24, 2.45) is 5.92 Å². The van der Waals surface area contributed by atoms with Crippen LogP contribution in [0.4, 0.5) is 24.5 Å². The van der Waals surface area contributed by atoms with Crippen molar-refractivity contribution in [2.45, 2.75) is 58.3 Å². The molecule has 1 aliphatic rings. The quantitative estimate of drug-likeness (QED) is 0.241. The number of hydrogen-bond donors (Lipinski definition) is 4. The van der Waals surface area contributed by atoms with Crippen molar-refractivity contribution in [3.63, 3.8) is 0 Å². The fourth-order valence-electron chi connectivity index (χ4n) is 4.29. The Morgan fingerprint density at radius 3 is 2.15 bits per heavy atom. The number of nitrogens with one attached hydrogen (secondary N) is 3. The summed E-state index contributed by atoms with van der Waals surface area (Å²) in [6.07, 6.45) is -3.21. The van der Waals surface area contributed by atoms with Crippen LogP contribution in [0.15, 0.2) is 54.6 Å². The molecule has 0 saturated carbocycles. The van der Waals surface area contributed by atoms with Gasteiger partial charge in [0.2, 0.25) is 5.91 Å². The number of carboxylic acids is 1. The van der Waals surface area contributed by atoms with Crippen molar-refractivity contribution < 1.29 is 32.6 Å². The first-order chi connectivity index (χ1) is 19.5. The minimum atomic E-state index is -4.52. The summed E-state index contributed by atoms with van der Waals surface area (Å²) in [6, 6.07) is 12.8. The van der Waals surface area contributed by atoms with E-state index in [2.05, 4.69) is 20.9 Å². The summed E-state index contributed by atoms with van der Waals surface area (Å²) in [6.45, 7) is 9.54. The first-order valence-corrected chi connectivity index (χ1v) is 14.0. The predicted octanol–water partition coefficient (Wildman–Crippen LogP) is 5.23. The minimum absolute atomic E-state index is 0.0472. The van der Waals surface area contributed by atoms with Crippen molar-refractivity contribution in [1.29, 1.82) is 0 Å². The van der Waals surface area contributed by atoms with E-state index in [9.17, 15) is 22.8 Å². The topological polar surface area (TPSA) is 103 Å². The third-order valence-corrected chi connectivity index (χ3v) is 6.31. The number of carbonyl (C=O) groups is 2. The lowest BCUT2D eigenvalue weighted by molar-refractivity contribution is -0.161. The van der Waals surface area contributed by atoms with Crippen molar-refractivity contribution in [2.75, 3.05) is 49.6 Å². The average Bonchev–Trinajstić information content (AvgIpc) is 2.94. The zero-order chi connectivity index (χ0) is 30.3. The highest BCUT2D eigenvalue weighted by Gasteiger charge is 2.42. The van der Waals surface area contributed by atoms with E-state index in [1.807, 2.05) is 45.0 Å². The molecule has 8 nitrogen and oxygen atoms in total. The second-order valence-corrected chi connectivity index (χ2v) is 10.2. The second kappa shape index (κ2) is 17.5. The van der Waals surface area contributed by atoms with Gasteiger partial charge in [-0.15, -0.1) is 0 Å². The molecule has 0 spiro atoms. The van der Waals surface area contributed by atoms with Gasteiger partial charge in [0.1, 0.15) is 6.04 Å². The lowest BCUT2D eigenvalue weighted by atomic mass is 9.99. The van der Waals surface area contributed by atoms with Crippen LogP contribution < -0.4 is 20.9 Å². The summed E-state index contributed by atoms with van der Waals surface area (Å²) in [5, 5.41) is 16.5. The number of hydrogen-bond acceptors (Lipinski definition) is 6. The van der Waals surface area contributed by atoms with Crippen LogP contribution in [0.25, 0.3) is 0 Å². The summed E-state index contributed by atoms with van der Waals surface area (Å²) in [4.78, 5) is 24.7. The highest BCUT2D eigenvalue weighted by atomic mass is 19.4. The van der Waals surface area contributed by atoms with Gasteiger partial charge in [-0.2, -0.15) is 13.2 Å². The van der Waals surface area contributed by atoms with Gasteiger partial charge in [0.05, 0.1) is 19.3 Å². The molecule has 0 radical (unpaired) electrons. The summed E-state index contributed by atoms with van der Waals surface area (Å²) < 4.78 is 46.8. The van der Waals surface area contributed by atoms with Gasteiger partial charge in [-0.3, -0.25) is 14.9 Å². The number of nitrogens with zero attached hydrogens (tertiary/aromatic N) is 1. The summed E-state index contributed by atoms with van der Waals surface area (Å²) >= 11 is 0. The van der Waals surface area contributed by atoms with Crippen LogP contribution in [0.5, 0.6) is 0 Å². The number of morpholine rings is 1. The summed E-state index contributed by atoms with van der Waals surface area (Å²) in [7, 11) is 0. The summed E-state index contributed by atoms with van der Waals surface area (Å²) in [5.41, 5.74) is 2.13. The van der Waals surface area contributed by atoms with Gasteiger partial charge < -0.3 is 25.4 Å². The largest absolute Gasteiger partial charge is 0.481 e. The van der Waals surface area contributed by atoms with Gasteiger partial charge in [0.25, 0.3) is 0 Å². The Hall–Kier alpha value is -3.31. The molecule has 1 saturated heterocycles. The molecule has 11 heteroatoms. The monoisotopic (exact) mass is 580 g/mol. The standard InChI is InChI=1S/C26H35F3N4O2.C4H8O2/c1-19(2)18-23(32-24(26(27,28)29)20-6-4-3-5-7-20)25(34)31-13-12-30-21-8-10-22(11-9-21)33-14-16-35-17-15-33;1-2-3-4(5)6/h3-11,19,23-24,30,32H,12-18H2,1-2H3,(H,31,34);2-3H2,1H3,(H,5,6)/t23-,24?;/m0./s1. The number of alkyl halides is 3. The Morgan fingerprint density at radius 1 is 1.00 bits per heavy atom. The molecule has 2 aromatic rings. The summed E-state index contributed by atoms with van der Waals surface area (Å²) in [5.74, 6) is -1.10. The molecule has 4 N–H and O–H groups in total. The maximum atomic E-state index is 13.8. The van der Waals surface area contributed by atoms with Gasteiger partial charge in [-0.25, -0.2) is 0 Å². The molecule has 0 aliphatic carbocycles. The normalized spacial score (nSPS) is 15.0. The first-order valence-electron chi connectivity index (χ1n) is 14.0. The Labute approximate surface area is 240 Å². The van der Waals surface area contributed by atoms with Crippen LogP contribution in [0.2, 0.25) is 0 Å². The third kappa shape index (κ3) is 12.8. The molecular formula is C30H43F3N4O4. The first kappa shape index (κ1) is 33.9. The average molecular weight is 581 g/mol. The van der Waals surface area contributed by atoms with Crippen LogP contribution in [0, 0.1) is 5.92 Å². The van der Waals surface area contributed by atoms with Crippen molar-refractivity contribution in [3.05, 3.63) is 60.2 Å². The van der Waals surface area contributed by atoms with E-state index in [-0.39, 0.29) is 11.5 Å². The second-order valence-electron chi connectivity index (χ2n) is 10.2. The molecule has 41 heavy (non-hydrogen) atoms. The van der Waals surface area contributed by atoms with Crippen LogP contribution >= 0.6 is 0 Å². The highest BCUT2D eigenvalue weighted by Crippen LogP contribution is 2.33. The number of benzene rings is 2. The van der Waals surface area contributed by atoms with Crippen molar-refractivity contribution in [3.8, 4) is 0 Å². The molecule has 3 rings (SSSR count). The Kier molecular flexibility index (Phi) is 14.5. The van der Waals surface area contributed by atoms with Crippen molar-refractivity contribution >= 4 is 23.3 Å². The molecule has 0 bridgehead atoms. The molecule has 1 aliphatic heterocycles. The molecule has 2 atom stereocenters. The number of amides is 1. The van der Waals surface area contributed by atoms with Crippen LogP contribution in [-0.4, -0.2) is 68.6 Å². The van der Waals surface area contributed by atoms with Crippen LogP contribution in [0.1, 0.15) is 51.6 Å². The molecule has 1 heterocycles. The Bertz CT molecular complexity index is 1030. The number of ether oxygens (including phenoxy) is 1. The Morgan fingerprint density at radius 2 is 1.63 bits per heavy atom. The third-order valence-electron chi connectivity index (χ3n) is 6.31. The van der Waals surface area contributed by atoms with Gasteiger partial charge in [-0.1, -0.05) is 51.1 Å². The van der Waals surface area contributed by atoms with Crippen molar-refractivity contribution in [1.82, 2.24) is 10.6 Å². The van der Waals surface area contributed by atoms with Crippen LogP contribution in [0.3, 0.4) is 0 Å². The number of anilines is 2. The molecule has 228 valence electrons. The molecule has 1 amide bonds. The number of rotatable bonds is 13. The highest BCUT2D eigenvalue weighted by molar-refractivity contribution is 5.81. The lowest BCUT2D eigenvalue weighted by Gasteiger charge is -2.29. The number of aliphatic carboxylic acids is 1.